The first kappa shape index (κ1) is 15.9. The van der Waals surface area contributed by atoms with Crippen LogP contribution in [0.5, 0.6) is 5.75 Å². The van der Waals surface area contributed by atoms with Crippen molar-refractivity contribution >= 4 is 0 Å². The predicted octanol–water partition coefficient (Wildman–Crippen LogP) is 2.94. The topological polar surface area (TPSA) is 43.4 Å². The highest BCUT2D eigenvalue weighted by Gasteiger charge is 2.12. The first-order valence-electron chi connectivity index (χ1n) is 6.88. The third-order valence-corrected chi connectivity index (χ3v) is 3.12. The number of hydrogen-bond acceptors (Lipinski definition) is 4. The van der Waals surface area contributed by atoms with E-state index in [9.17, 15) is 0 Å². The molecule has 1 N–H and O–H groups in total. The molecule has 1 aromatic rings. The van der Waals surface area contributed by atoms with E-state index in [0.717, 1.165) is 24.2 Å². The third kappa shape index (κ3) is 5.57. The summed E-state index contributed by atoms with van der Waals surface area (Å²) in [5.74, 6) is 0.826. The average Bonchev–Trinajstić information content (AvgIpc) is 2.38. The highest BCUT2D eigenvalue weighted by molar-refractivity contribution is 5.26. The van der Waals surface area contributed by atoms with Gasteiger partial charge in [0.15, 0.2) is 0 Å². The summed E-state index contributed by atoms with van der Waals surface area (Å²) in [4.78, 5) is 4.26. The van der Waals surface area contributed by atoms with Crippen molar-refractivity contribution in [3.63, 3.8) is 0 Å². The van der Waals surface area contributed by atoms with E-state index in [0.29, 0.717) is 0 Å². The second kappa shape index (κ2) is 8.12. The second-order valence-corrected chi connectivity index (χ2v) is 5.09. The van der Waals surface area contributed by atoms with Crippen LogP contribution in [-0.2, 0) is 4.74 Å². The Kier molecular flexibility index (Phi) is 6.81. The van der Waals surface area contributed by atoms with E-state index >= 15 is 0 Å². The number of nitrogens with zero attached hydrogens (tertiary/aromatic N) is 1. The fourth-order valence-corrected chi connectivity index (χ4v) is 1.96. The van der Waals surface area contributed by atoms with Crippen molar-refractivity contribution in [2.45, 2.75) is 51.9 Å². The molecule has 4 nitrogen and oxygen atoms in total. The summed E-state index contributed by atoms with van der Waals surface area (Å²) in [6.07, 6.45) is 6.12. The van der Waals surface area contributed by atoms with Gasteiger partial charge in [-0.1, -0.05) is 0 Å². The van der Waals surface area contributed by atoms with Gasteiger partial charge in [0.2, 0.25) is 0 Å². The molecule has 2 atom stereocenters. The maximum absolute atomic E-state index is 5.68. The summed E-state index contributed by atoms with van der Waals surface area (Å²) in [7, 11) is 3.72. The molecule has 19 heavy (non-hydrogen) atoms. The van der Waals surface area contributed by atoms with E-state index in [1.165, 1.54) is 0 Å². The Morgan fingerprint density at radius 2 is 1.95 bits per heavy atom. The Morgan fingerprint density at radius 1 is 1.21 bits per heavy atom. The molecule has 2 unspecified atom stereocenters. The zero-order chi connectivity index (χ0) is 14.3. The second-order valence-electron chi connectivity index (χ2n) is 5.09. The molecule has 0 saturated carbocycles. The van der Waals surface area contributed by atoms with Crippen LogP contribution in [0.4, 0.5) is 0 Å². The average molecular weight is 266 g/mol. The van der Waals surface area contributed by atoms with Crippen LogP contribution in [0.3, 0.4) is 0 Å². The quantitative estimate of drug-likeness (QED) is 0.785. The number of pyridine rings is 1. The van der Waals surface area contributed by atoms with Crippen LogP contribution >= 0.6 is 0 Å². The first-order chi connectivity index (χ1) is 9.06. The van der Waals surface area contributed by atoms with Crippen LogP contribution in [-0.4, -0.2) is 31.3 Å². The minimum absolute atomic E-state index is 0.165. The van der Waals surface area contributed by atoms with Gasteiger partial charge in [0, 0.05) is 19.3 Å². The molecule has 0 aromatic carbocycles. The van der Waals surface area contributed by atoms with Gasteiger partial charge < -0.3 is 14.8 Å². The molecule has 1 heterocycles. The summed E-state index contributed by atoms with van der Waals surface area (Å²) >= 11 is 0. The molecule has 108 valence electrons. The normalized spacial score (nSPS) is 14.4. The van der Waals surface area contributed by atoms with Crippen molar-refractivity contribution < 1.29 is 9.47 Å². The summed E-state index contributed by atoms with van der Waals surface area (Å²) in [6, 6.07) is 2.34. The summed E-state index contributed by atoms with van der Waals surface area (Å²) < 4.78 is 11.0. The molecule has 0 radical (unpaired) electrons. The van der Waals surface area contributed by atoms with Crippen molar-refractivity contribution in [3.05, 3.63) is 24.0 Å². The lowest BCUT2D eigenvalue weighted by atomic mass is 10.0. The monoisotopic (exact) mass is 266 g/mol. The van der Waals surface area contributed by atoms with Crippen LogP contribution < -0.4 is 10.1 Å². The van der Waals surface area contributed by atoms with Gasteiger partial charge in [0.05, 0.1) is 18.4 Å². The summed E-state index contributed by atoms with van der Waals surface area (Å²) in [5, 5.41) is 3.33. The zero-order valence-corrected chi connectivity index (χ0v) is 12.6. The van der Waals surface area contributed by atoms with Crippen LogP contribution in [0.2, 0.25) is 0 Å². The molecule has 0 fully saturated rings. The Balaban J connectivity index is 2.69. The molecular formula is C15H26N2O2. The molecule has 0 bridgehead atoms. The van der Waals surface area contributed by atoms with Gasteiger partial charge in [-0.2, -0.15) is 0 Å². The van der Waals surface area contributed by atoms with Crippen molar-refractivity contribution in [2.24, 2.45) is 0 Å². The largest absolute Gasteiger partial charge is 0.489 e. The van der Waals surface area contributed by atoms with Crippen molar-refractivity contribution in [2.75, 3.05) is 14.2 Å². The SMILES string of the molecule is CNC(CCC(C)OC)c1cncc(OC(C)C)c1. The van der Waals surface area contributed by atoms with Crippen LogP contribution in [0.1, 0.15) is 45.2 Å². The van der Waals surface area contributed by atoms with E-state index in [4.69, 9.17) is 9.47 Å². The van der Waals surface area contributed by atoms with Gasteiger partial charge in [-0.25, -0.2) is 0 Å². The fourth-order valence-electron chi connectivity index (χ4n) is 1.96. The Hall–Kier alpha value is -1.13. The first-order valence-corrected chi connectivity index (χ1v) is 6.88. The van der Waals surface area contributed by atoms with E-state index in [1.54, 1.807) is 13.3 Å². The van der Waals surface area contributed by atoms with E-state index < -0.39 is 0 Å². The minimum Gasteiger partial charge on any atom is -0.489 e. The lowest BCUT2D eigenvalue weighted by Crippen LogP contribution is -2.19. The Bertz CT molecular complexity index is 369. The lowest BCUT2D eigenvalue weighted by molar-refractivity contribution is 0.106. The molecular weight excluding hydrogens is 240 g/mol. The molecule has 1 aromatic heterocycles. The van der Waals surface area contributed by atoms with Gasteiger partial charge in [-0.15, -0.1) is 0 Å². The van der Waals surface area contributed by atoms with Crippen molar-refractivity contribution in [1.82, 2.24) is 10.3 Å². The molecule has 0 amide bonds. The lowest BCUT2D eigenvalue weighted by Gasteiger charge is -2.19. The maximum atomic E-state index is 5.68. The standard InChI is InChI=1S/C15H26N2O2/c1-11(2)19-14-8-13(9-17-10-14)15(16-4)7-6-12(3)18-5/h8-12,15-16H,6-7H2,1-5H3. The number of methoxy groups -OCH3 is 1. The number of nitrogens with one attached hydrogen (secondary N) is 1. The molecule has 0 aliphatic carbocycles. The summed E-state index contributed by atoms with van der Waals surface area (Å²) in [6.45, 7) is 6.12. The molecule has 4 heteroatoms. The number of aromatic nitrogens is 1. The fraction of sp³-hybridized carbons (Fsp3) is 0.667. The molecule has 0 aliphatic heterocycles. The van der Waals surface area contributed by atoms with Gasteiger partial charge in [0.1, 0.15) is 5.75 Å². The molecule has 0 saturated heterocycles. The number of hydrogen-bond donors (Lipinski definition) is 1. The van der Waals surface area contributed by atoms with Gasteiger partial charge in [-0.3, -0.25) is 4.98 Å². The van der Waals surface area contributed by atoms with Gasteiger partial charge in [-0.05, 0) is 52.3 Å². The summed E-state index contributed by atoms with van der Waals surface area (Å²) in [5.41, 5.74) is 1.16. The third-order valence-electron chi connectivity index (χ3n) is 3.12. The number of rotatable bonds is 8. The van der Waals surface area contributed by atoms with Crippen molar-refractivity contribution in [1.29, 1.82) is 0 Å². The van der Waals surface area contributed by atoms with E-state index in [2.05, 4.69) is 23.3 Å². The highest BCUT2D eigenvalue weighted by Crippen LogP contribution is 2.23. The number of ether oxygens (including phenoxy) is 2. The minimum atomic E-state index is 0.165. The maximum Gasteiger partial charge on any atom is 0.138 e. The van der Waals surface area contributed by atoms with Gasteiger partial charge >= 0.3 is 0 Å². The molecule has 1 rings (SSSR count). The Morgan fingerprint density at radius 3 is 2.53 bits per heavy atom. The van der Waals surface area contributed by atoms with E-state index in [-0.39, 0.29) is 18.2 Å². The van der Waals surface area contributed by atoms with Crippen LogP contribution in [0.25, 0.3) is 0 Å². The van der Waals surface area contributed by atoms with Crippen molar-refractivity contribution in [3.8, 4) is 5.75 Å². The predicted molar refractivity (Wildman–Crippen MR) is 77.5 cm³/mol. The molecule has 0 spiro atoms. The van der Waals surface area contributed by atoms with Crippen LogP contribution in [0, 0.1) is 0 Å². The van der Waals surface area contributed by atoms with Crippen LogP contribution in [0.15, 0.2) is 18.5 Å². The highest BCUT2D eigenvalue weighted by atomic mass is 16.5. The smallest absolute Gasteiger partial charge is 0.138 e. The van der Waals surface area contributed by atoms with E-state index in [1.807, 2.05) is 27.1 Å². The molecule has 0 aliphatic rings. The Labute approximate surface area is 116 Å². The zero-order valence-electron chi connectivity index (χ0n) is 12.6. The van der Waals surface area contributed by atoms with Gasteiger partial charge in [0.25, 0.3) is 0 Å².